The summed E-state index contributed by atoms with van der Waals surface area (Å²) in [6, 6.07) is 8.69. The van der Waals surface area contributed by atoms with E-state index in [9.17, 15) is 8.42 Å². The van der Waals surface area contributed by atoms with Gasteiger partial charge in [0, 0.05) is 0 Å². The molecule has 1 unspecified atom stereocenters. The standard InChI is InChI=1S/C9H7NO2S/c10-5-7-6-13(11,12)9-4-2-1-3-8(7)9/h1-4,7H,6H2. The first-order valence-corrected chi connectivity index (χ1v) is 5.51. The van der Waals surface area contributed by atoms with Gasteiger partial charge in [0.1, 0.15) is 0 Å². The van der Waals surface area contributed by atoms with E-state index in [4.69, 9.17) is 5.26 Å². The van der Waals surface area contributed by atoms with Crippen LogP contribution in [-0.2, 0) is 9.84 Å². The zero-order chi connectivity index (χ0) is 9.47. The van der Waals surface area contributed by atoms with Gasteiger partial charge in [-0.05, 0) is 11.6 Å². The maximum absolute atomic E-state index is 11.5. The molecule has 66 valence electrons. The Morgan fingerprint density at radius 1 is 1.38 bits per heavy atom. The van der Waals surface area contributed by atoms with Crippen molar-refractivity contribution < 1.29 is 8.42 Å². The average molecular weight is 193 g/mol. The number of fused-ring (bicyclic) bond motifs is 1. The van der Waals surface area contributed by atoms with Crippen LogP contribution in [0.2, 0.25) is 0 Å². The Balaban J connectivity index is 2.73. The summed E-state index contributed by atoms with van der Waals surface area (Å²) in [5.74, 6) is -0.552. The molecule has 0 aromatic heterocycles. The quantitative estimate of drug-likeness (QED) is 0.619. The molecule has 1 aliphatic heterocycles. The summed E-state index contributed by atoms with van der Waals surface area (Å²) in [5.41, 5.74) is 0.644. The lowest BCUT2D eigenvalue weighted by atomic mass is 10.0. The van der Waals surface area contributed by atoms with Gasteiger partial charge in [0.2, 0.25) is 0 Å². The van der Waals surface area contributed by atoms with E-state index in [1.165, 1.54) is 0 Å². The predicted octanol–water partition coefficient (Wildman–Crippen LogP) is 1.08. The van der Waals surface area contributed by atoms with Gasteiger partial charge in [-0.25, -0.2) is 8.42 Å². The second-order valence-electron chi connectivity index (χ2n) is 3.00. The molecule has 0 spiro atoms. The lowest BCUT2D eigenvalue weighted by Crippen LogP contribution is -2.01. The summed E-state index contributed by atoms with van der Waals surface area (Å²) in [6.07, 6.45) is 0. The highest BCUT2D eigenvalue weighted by Gasteiger charge is 2.33. The molecule has 4 heteroatoms. The number of hydrogen-bond donors (Lipinski definition) is 0. The molecule has 0 saturated heterocycles. The molecular weight excluding hydrogens is 186 g/mol. The molecule has 1 heterocycles. The monoisotopic (exact) mass is 193 g/mol. The zero-order valence-electron chi connectivity index (χ0n) is 6.77. The highest BCUT2D eigenvalue weighted by molar-refractivity contribution is 7.91. The van der Waals surface area contributed by atoms with Gasteiger partial charge in [-0.1, -0.05) is 18.2 Å². The van der Waals surface area contributed by atoms with Crippen molar-refractivity contribution in [2.45, 2.75) is 10.8 Å². The largest absolute Gasteiger partial charge is 0.224 e. The van der Waals surface area contributed by atoms with Gasteiger partial charge in [0.15, 0.2) is 9.84 Å². The van der Waals surface area contributed by atoms with Crippen LogP contribution >= 0.6 is 0 Å². The van der Waals surface area contributed by atoms with Gasteiger partial charge >= 0.3 is 0 Å². The molecule has 1 aromatic rings. The third-order valence-corrected chi connectivity index (χ3v) is 3.99. The number of rotatable bonds is 0. The van der Waals surface area contributed by atoms with Gasteiger partial charge in [-0.2, -0.15) is 5.26 Å². The van der Waals surface area contributed by atoms with E-state index < -0.39 is 15.8 Å². The fourth-order valence-electron chi connectivity index (χ4n) is 1.56. The van der Waals surface area contributed by atoms with Crippen LogP contribution in [0.1, 0.15) is 11.5 Å². The van der Waals surface area contributed by atoms with Crippen molar-refractivity contribution in [3.8, 4) is 6.07 Å². The van der Waals surface area contributed by atoms with Crippen molar-refractivity contribution in [1.82, 2.24) is 0 Å². The lowest BCUT2D eigenvalue weighted by Gasteiger charge is -1.96. The summed E-state index contributed by atoms with van der Waals surface area (Å²) < 4.78 is 22.9. The zero-order valence-corrected chi connectivity index (χ0v) is 7.58. The van der Waals surface area contributed by atoms with E-state index in [0.29, 0.717) is 10.5 Å². The summed E-state index contributed by atoms with van der Waals surface area (Å²) in [4.78, 5) is 0.321. The Labute approximate surface area is 76.5 Å². The van der Waals surface area contributed by atoms with Gasteiger partial charge in [-0.15, -0.1) is 0 Å². The van der Waals surface area contributed by atoms with Crippen molar-refractivity contribution in [3.63, 3.8) is 0 Å². The number of sulfone groups is 1. The Morgan fingerprint density at radius 2 is 2.08 bits per heavy atom. The number of nitrogens with zero attached hydrogens (tertiary/aromatic N) is 1. The molecule has 0 saturated carbocycles. The fraction of sp³-hybridized carbons (Fsp3) is 0.222. The summed E-state index contributed by atoms with van der Waals surface area (Å²) >= 11 is 0. The molecule has 3 nitrogen and oxygen atoms in total. The van der Waals surface area contributed by atoms with Gasteiger partial charge in [-0.3, -0.25) is 0 Å². The molecule has 2 rings (SSSR count). The normalized spacial score (nSPS) is 23.5. The third kappa shape index (κ3) is 1.12. The Morgan fingerprint density at radius 3 is 2.77 bits per heavy atom. The van der Waals surface area contributed by atoms with Crippen LogP contribution in [0.4, 0.5) is 0 Å². The molecular formula is C9H7NO2S. The minimum absolute atomic E-state index is 0.0666. The summed E-state index contributed by atoms with van der Waals surface area (Å²) in [6.45, 7) is 0. The second kappa shape index (κ2) is 2.57. The maximum Gasteiger partial charge on any atom is 0.180 e. The van der Waals surface area contributed by atoms with Gasteiger partial charge < -0.3 is 0 Å². The van der Waals surface area contributed by atoms with Crippen LogP contribution in [0, 0.1) is 11.3 Å². The molecule has 0 fully saturated rings. The van der Waals surface area contributed by atoms with E-state index in [-0.39, 0.29) is 5.75 Å². The van der Waals surface area contributed by atoms with Gasteiger partial charge in [0.25, 0.3) is 0 Å². The highest BCUT2D eigenvalue weighted by atomic mass is 32.2. The minimum atomic E-state index is -3.19. The van der Waals surface area contributed by atoms with Crippen molar-refractivity contribution in [2.24, 2.45) is 0 Å². The van der Waals surface area contributed by atoms with Crippen LogP contribution in [0.3, 0.4) is 0 Å². The highest BCUT2D eigenvalue weighted by Crippen LogP contribution is 2.33. The Bertz CT molecular complexity index is 485. The Kier molecular flexibility index (Phi) is 1.64. The number of nitriles is 1. The third-order valence-electron chi connectivity index (χ3n) is 2.17. The van der Waals surface area contributed by atoms with Crippen LogP contribution in [0.5, 0.6) is 0 Å². The first-order chi connectivity index (χ1) is 6.15. The first-order valence-electron chi connectivity index (χ1n) is 3.86. The fourth-order valence-corrected chi connectivity index (χ4v) is 3.29. The molecule has 1 aromatic carbocycles. The average Bonchev–Trinajstić information content (AvgIpc) is 2.39. The smallest absolute Gasteiger partial charge is 0.180 e. The van der Waals surface area contributed by atoms with Crippen LogP contribution in [-0.4, -0.2) is 14.2 Å². The number of benzene rings is 1. The molecule has 0 N–H and O–H groups in total. The van der Waals surface area contributed by atoms with E-state index >= 15 is 0 Å². The molecule has 1 aliphatic rings. The van der Waals surface area contributed by atoms with Crippen molar-refractivity contribution in [3.05, 3.63) is 29.8 Å². The topological polar surface area (TPSA) is 57.9 Å². The van der Waals surface area contributed by atoms with Crippen LogP contribution in [0.25, 0.3) is 0 Å². The first kappa shape index (κ1) is 8.27. The van der Waals surface area contributed by atoms with E-state index in [1.807, 2.05) is 6.07 Å². The predicted molar refractivity (Wildman–Crippen MR) is 46.8 cm³/mol. The molecule has 13 heavy (non-hydrogen) atoms. The van der Waals surface area contributed by atoms with Crippen molar-refractivity contribution in [2.75, 3.05) is 5.75 Å². The van der Waals surface area contributed by atoms with Crippen molar-refractivity contribution in [1.29, 1.82) is 5.26 Å². The SMILES string of the molecule is N#CC1CS(=O)(=O)c2ccccc21. The van der Waals surface area contributed by atoms with Crippen LogP contribution in [0.15, 0.2) is 29.2 Å². The van der Waals surface area contributed by atoms with E-state index in [1.54, 1.807) is 24.3 Å². The molecule has 0 amide bonds. The number of hydrogen-bond acceptors (Lipinski definition) is 3. The Hall–Kier alpha value is -1.34. The molecule has 0 aliphatic carbocycles. The molecule has 1 atom stereocenters. The lowest BCUT2D eigenvalue weighted by molar-refractivity contribution is 0.599. The van der Waals surface area contributed by atoms with Crippen molar-refractivity contribution >= 4 is 9.84 Å². The second-order valence-corrected chi connectivity index (χ2v) is 5.00. The summed E-state index contributed by atoms with van der Waals surface area (Å²) in [7, 11) is -3.19. The van der Waals surface area contributed by atoms with Crippen LogP contribution < -0.4 is 0 Å². The molecule has 0 bridgehead atoms. The van der Waals surface area contributed by atoms with E-state index in [2.05, 4.69) is 0 Å². The van der Waals surface area contributed by atoms with Gasteiger partial charge in [0.05, 0.1) is 22.6 Å². The molecule has 0 radical (unpaired) electrons. The summed E-state index contributed by atoms with van der Waals surface area (Å²) in [5, 5.41) is 8.73. The minimum Gasteiger partial charge on any atom is -0.224 e. The van der Waals surface area contributed by atoms with E-state index in [0.717, 1.165) is 0 Å². The maximum atomic E-state index is 11.5.